The molecule has 0 spiro atoms. The number of carboxylic acids is 1. The molecule has 1 N–H and O–H groups in total. The van der Waals surface area contributed by atoms with Crippen molar-refractivity contribution in [2.75, 3.05) is 13.1 Å². The van der Waals surface area contributed by atoms with Gasteiger partial charge in [0.2, 0.25) is 11.6 Å². The van der Waals surface area contributed by atoms with Crippen LogP contribution in [0.4, 0.5) is 4.39 Å². The van der Waals surface area contributed by atoms with Gasteiger partial charge in [-0.15, -0.1) is 0 Å². The van der Waals surface area contributed by atoms with Gasteiger partial charge >= 0.3 is 5.97 Å². The molecule has 0 aromatic rings. The van der Waals surface area contributed by atoms with E-state index in [0.717, 1.165) is 25.7 Å². The lowest BCUT2D eigenvalue weighted by atomic mass is 9.69. The minimum Gasteiger partial charge on any atom is -0.479 e. The summed E-state index contributed by atoms with van der Waals surface area (Å²) in [5.41, 5.74) is -1.93. The molecule has 1 unspecified atom stereocenters. The van der Waals surface area contributed by atoms with E-state index >= 15 is 0 Å². The first kappa shape index (κ1) is 17.2. The molecule has 2 aliphatic rings. The lowest BCUT2D eigenvalue weighted by Gasteiger charge is -2.37. The Morgan fingerprint density at radius 3 is 2.27 bits per heavy atom. The highest BCUT2D eigenvalue weighted by molar-refractivity contribution is 5.82. The third kappa shape index (κ3) is 3.79. The Morgan fingerprint density at radius 1 is 1.23 bits per heavy atom. The van der Waals surface area contributed by atoms with E-state index < -0.39 is 11.6 Å². The molecule has 0 aromatic heterocycles. The Balaban J connectivity index is 1.81. The highest BCUT2D eigenvalue weighted by Crippen LogP contribution is 2.41. The van der Waals surface area contributed by atoms with Gasteiger partial charge in [-0.05, 0) is 42.9 Å². The number of carbonyl (C=O) groups excluding carboxylic acids is 1. The molecule has 1 atom stereocenters. The molecule has 1 saturated heterocycles. The maximum Gasteiger partial charge on any atom is 0.343 e. The number of aliphatic carboxylic acids is 1. The number of hydrogen-bond acceptors (Lipinski definition) is 2. The van der Waals surface area contributed by atoms with Crippen molar-refractivity contribution in [3.8, 4) is 0 Å². The van der Waals surface area contributed by atoms with E-state index in [4.69, 9.17) is 5.11 Å². The van der Waals surface area contributed by atoms with Gasteiger partial charge in [0.05, 0.1) is 6.54 Å². The molecule has 0 aromatic carbocycles. The molecule has 2 rings (SSSR count). The van der Waals surface area contributed by atoms with Gasteiger partial charge in [0, 0.05) is 19.4 Å². The van der Waals surface area contributed by atoms with Crippen molar-refractivity contribution >= 4 is 11.9 Å². The first-order valence-corrected chi connectivity index (χ1v) is 8.32. The Hall–Kier alpha value is -1.13. The van der Waals surface area contributed by atoms with Crippen molar-refractivity contribution in [1.29, 1.82) is 0 Å². The monoisotopic (exact) mass is 313 g/mol. The molecule has 2 fully saturated rings. The maximum absolute atomic E-state index is 14.0. The molecular weight excluding hydrogens is 285 g/mol. The van der Waals surface area contributed by atoms with E-state index in [0.29, 0.717) is 23.7 Å². The second-order valence-corrected chi connectivity index (χ2v) is 8.12. The zero-order valence-electron chi connectivity index (χ0n) is 13.9. The number of halogens is 1. The van der Waals surface area contributed by atoms with Gasteiger partial charge in [-0.2, -0.15) is 0 Å². The van der Waals surface area contributed by atoms with Crippen LogP contribution in [0.1, 0.15) is 59.3 Å². The second kappa shape index (κ2) is 6.17. The molecule has 4 nitrogen and oxygen atoms in total. The minimum absolute atomic E-state index is 0.0833. The van der Waals surface area contributed by atoms with E-state index in [1.807, 2.05) is 0 Å². The minimum atomic E-state index is -2.25. The average molecular weight is 313 g/mol. The highest BCUT2D eigenvalue weighted by atomic mass is 19.1. The quantitative estimate of drug-likeness (QED) is 0.870. The number of alkyl halides is 1. The van der Waals surface area contributed by atoms with Crippen molar-refractivity contribution in [2.45, 2.75) is 65.0 Å². The number of likely N-dealkylation sites (tertiary alicyclic amines) is 1. The van der Waals surface area contributed by atoms with E-state index in [1.54, 1.807) is 0 Å². The van der Waals surface area contributed by atoms with Crippen LogP contribution in [0.5, 0.6) is 0 Å². The lowest BCUT2D eigenvalue weighted by molar-refractivity contribution is -0.150. The van der Waals surface area contributed by atoms with Gasteiger partial charge in [-0.1, -0.05) is 20.8 Å². The molecule has 0 bridgehead atoms. The fourth-order valence-electron chi connectivity index (χ4n) is 3.77. The number of carbonyl (C=O) groups is 2. The van der Waals surface area contributed by atoms with Crippen molar-refractivity contribution in [2.24, 2.45) is 17.3 Å². The maximum atomic E-state index is 14.0. The van der Waals surface area contributed by atoms with Crippen molar-refractivity contribution in [1.82, 2.24) is 4.90 Å². The van der Waals surface area contributed by atoms with Crippen LogP contribution in [-0.4, -0.2) is 40.6 Å². The first-order valence-electron chi connectivity index (χ1n) is 8.32. The molecule has 5 heteroatoms. The fraction of sp³-hybridized carbons (Fsp3) is 0.882. The van der Waals surface area contributed by atoms with Crippen LogP contribution in [0.25, 0.3) is 0 Å². The molecule has 1 heterocycles. The topological polar surface area (TPSA) is 57.6 Å². The predicted molar refractivity (Wildman–Crippen MR) is 82.2 cm³/mol. The Kier molecular flexibility index (Phi) is 4.83. The van der Waals surface area contributed by atoms with Crippen molar-refractivity contribution in [3.63, 3.8) is 0 Å². The summed E-state index contributed by atoms with van der Waals surface area (Å²) in [5, 5.41) is 8.89. The van der Waals surface area contributed by atoms with E-state index in [2.05, 4.69) is 20.8 Å². The molecule has 126 valence electrons. The Bertz CT molecular complexity index is 438. The van der Waals surface area contributed by atoms with Gasteiger partial charge in [0.1, 0.15) is 0 Å². The Labute approximate surface area is 132 Å². The third-order valence-corrected chi connectivity index (χ3v) is 5.49. The smallest absolute Gasteiger partial charge is 0.343 e. The molecular formula is C17H28FNO3. The second-order valence-electron chi connectivity index (χ2n) is 8.12. The Morgan fingerprint density at radius 2 is 1.82 bits per heavy atom. The first-order chi connectivity index (χ1) is 10.1. The van der Waals surface area contributed by atoms with Crippen LogP contribution in [-0.2, 0) is 9.59 Å². The van der Waals surface area contributed by atoms with Crippen LogP contribution in [0.15, 0.2) is 0 Å². The van der Waals surface area contributed by atoms with Crippen LogP contribution in [0, 0.1) is 17.3 Å². The third-order valence-electron chi connectivity index (χ3n) is 5.49. The lowest BCUT2D eigenvalue weighted by Crippen LogP contribution is -2.39. The zero-order valence-corrected chi connectivity index (χ0v) is 13.9. The van der Waals surface area contributed by atoms with Crippen LogP contribution in [0.2, 0.25) is 0 Å². The number of rotatable bonds is 3. The molecule has 1 aliphatic heterocycles. The average Bonchev–Trinajstić information content (AvgIpc) is 2.82. The van der Waals surface area contributed by atoms with E-state index in [1.165, 1.54) is 4.90 Å². The van der Waals surface area contributed by atoms with Gasteiger partial charge in [-0.25, -0.2) is 9.18 Å². The number of hydrogen-bond donors (Lipinski definition) is 1. The molecule has 1 saturated carbocycles. The molecule has 1 amide bonds. The zero-order chi connectivity index (χ0) is 16.5. The van der Waals surface area contributed by atoms with Crippen molar-refractivity contribution < 1.29 is 19.1 Å². The summed E-state index contributed by atoms with van der Waals surface area (Å²) in [6.45, 7) is 6.72. The van der Waals surface area contributed by atoms with Crippen LogP contribution in [0.3, 0.4) is 0 Å². The normalized spacial score (nSPS) is 33.0. The molecule has 1 aliphatic carbocycles. The number of nitrogens with zero attached hydrogens (tertiary/aromatic N) is 1. The van der Waals surface area contributed by atoms with Crippen LogP contribution >= 0.6 is 0 Å². The van der Waals surface area contributed by atoms with E-state index in [9.17, 15) is 14.0 Å². The summed E-state index contributed by atoms with van der Waals surface area (Å²) in [7, 11) is 0. The summed E-state index contributed by atoms with van der Waals surface area (Å²) >= 11 is 0. The summed E-state index contributed by atoms with van der Waals surface area (Å²) in [5.74, 6) is -0.463. The van der Waals surface area contributed by atoms with Gasteiger partial charge in [0.15, 0.2) is 0 Å². The van der Waals surface area contributed by atoms with E-state index in [-0.39, 0.29) is 25.4 Å². The molecule has 0 radical (unpaired) electrons. The van der Waals surface area contributed by atoms with Crippen LogP contribution < -0.4 is 0 Å². The molecule has 22 heavy (non-hydrogen) atoms. The summed E-state index contributed by atoms with van der Waals surface area (Å²) in [6.07, 6.45) is 4.72. The number of amides is 1. The summed E-state index contributed by atoms with van der Waals surface area (Å²) in [6, 6.07) is 0. The fourth-order valence-corrected chi connectivity index (χ4v) is 3.77. The summed E-state index contributed by atoms with van der Waals surface area (Å²) < 4.78 is 14.0. The van der Waals surface area contributed by atoms with Crippen molar-refractivity contribution in [3.05, 3.63) is 0 Å². The van der Waals surface area contributed by atoms with Gasteiger partial charge in [-0.3, -0.25) is 4.79 Å². The van der Waals surface area contributed by atoms with Gasteiger partial charge < -0.3 is 10.0 Å². The largest absolute Gasteiger partial charge is 0.479 e. The highest BCUT2D eigenvalue weighted by Gasteiger charge is 2.47. The SMILES string of the molecule is CC(C)(C)C1CCC(CC(=O)N2CCC(F)(C(=O)O)C2)CC1. The summed E-state index contributed by atoms with van der Waals surface area (Å²) in [4.78, 5) is 24.6. The predicted octanol–water partition coefficient (Wildman–Crippen LogP) is 3.25. The standard InChI is InChI=1S/C17H28FNO3/c1-16(2,3)13-6-4-12(5-7-13)10-14(20)19-9-8-17(18,11-19)15(21)22/h12-13H,4-11H2,1-3H3,(H,21,22). The number of carboxylic acid groups (broad SMARTS) is 1. The van der Waals surface area contributed by atoms with Gasteiger partial charge in [0.25, 0.3) is 0 Å².